The lowest BCUT2D eigenvalue weighted by Crippen LogP contribution is -2.51. The predicted octanol–water partition coefficient (Wildman–Crippen LogP) is 2.08. The number of pyridine rings is 1. The molecule has 142 valence electrons. The second-order valence-corrected chi connectivity index (χ2v) is 7.64. The molecular weight excluding hydrogens is 362 g/mol. The lowest BCUT2D eigenvalue weighted by Gasteiger charge is -2.35. The van der Waals surface area contributed by atoms with Gasteiger partial charge < -0.3 is 10.2 Å². The number of carbonyl (C=O) groups excluding carboxylic acids is 1. The summed E-state index contributed by atoms with van der Waals surface area (Å²) < 4.78 is 1.74. The summed E-state index contributed by atoms with van der Waals surface area (Å²) in [6.07, 6.45) is 3.70. The third-order valence-corrected chi connectivity index (χ3v) is 5.63. The summed E-state index contributed by atoms with van der Waals surface area (Å²) in [5, 5.41) is 7.23. The fourth-order valence-corrected chi connectivity index (χ4v) is 3.83. The maximum atomic E-state index is 12.6. The number of piperazine rings is 1. The lowest BCUT2D eigenvalue weighted by molar-refractivity contribution is 0.132. The normalized spacial score (nSPS) is 16.6. The van der Waals surface area contributed by atoms with Gasteiger partial charge in [-0.25, -0.2) is 14.3 Å². The first-order valence-corrected chi connectivity index (χ1v) is 9.95. The van der Waals surface area contributed by atoms with Crippen molar-refractivity contribution in [1.82, 2.24) is 34.7 Å². The molecule has 0 saturated carbocycles. The average molecular weight is 385 g/mol. The monoisotopic (exact) mass is 385 g/mol. The van der Waals surface area contributed by atoms with Crippen molar-refractivity contribution < 1.29 is 4.79 Å². The number of urea groups is 1. The Labute approximate surface area is 161 Å². The molecule has 1 N–H and O–H groups in total. The number of amides is 2. The van der Waals surface area contributed by atoms with Gasteiger partial charge in [-0.3, -0.25) is 9.88 Å². The summed E-state index contributed by atoms with van der Waals surface area (Å²) in [6.45, 7) is 7.99. The summed E-state index contributed by atoms with van der Waals surface area (Å²) in [5.74, 6) is 0. The maximum Gasteiger partial charge on any atom is 0.318 e. The van der Waals surface area contributed by atoms with Crippen LogP contribution in [0, 0.1) is 6.92 Å². The largest absolute Gasteiger partial charge is 0.330 e. The van der Waals surface area contributed by atoms with Crippen molar-refractivity contribution >= 4 is 22.3 Å². The zero-order valence-electron chi connectivity index (χ0n) is 15.5. The number of imidazole rings is 1. The standard InChI is InChI=1S/C18H23N7OS/c1-13-4-3-5-19-15(13)10-23-6-8-24(9-7-23)17(26)21-14(2)16-11-25-18(22-16)27-12-20-25/h3-5,11-12,14H,6-10H2,1-2H3,(H,21,26)/t14-/m0/s1. The molecule has 3 aromatic rings. The molecule has 0 spiro atoms. The van der Waals surface area contributed by atoms with Crippen LogP contribution in [0.15, 0.2) is 30.0 Å². The Morgan fingerprint density at radius 2 is 2.15 bits per heavy atom. The summed E-state index contributed by atoms with van der Waals surface area (Å²) in [4.78, 5) is 26.6. The summed E-state index contributed by atoms with van der Waals surface area (Å²) in [5.41, 5.74) is 4.90. The molecule has 3 aromatic heterocycles. The Morgan fingerprint density at radius 3 is 2.89 bits per heavy atom. The highest BCUT2D eigenvalue weighted by Crippen LogP contribution is 2.16. The Morgan fingerprint density at radius 1 is 1.33 bits per heavy atom. The van der Waals surface area contributed by atoms with Gasteiger partial charge in [0.1, 0.15) is 5.51 Å². The second-order valence-electron chi connectivity index (χ2n) is 6.83. The molecule has 9 heteroatoms. The summed E-state index contributed by atoms with van der Waals surface area (Å²) in [7, 11) is 0. The minimum atomic E-state index is -0.152. The number of aromatic nitrogens is 4. The fourth-order valence-electron chi connectivity index (χ4n) is 3.22. The Hall–Kier alpha value is -2.52. The summed E-state index contributed by atoms with van der Waals surface area (Å²) in [6, 6.07) is 3.85. The van der Waals surface area contributed by atoms with E-state index < -0.39 is 0 Å². The third-order valence-electron chi connectivity index (χ3n) is 4.94. The fraction of sp³-hybridized carbons (Fsp3) is 0.444. The number of nitrogens with one attached hydrogen (secondary N) is 1. The zero-order valence-corrected chi connectivity index (χ0v) is 16.3. The molecule has 0 bridgehead atoms. The number of fused-ring (bicyclic) bond motifs is 1. The SMILES string of the molecule is Cc1cccnc1CN1CCN(C(=O)N[C@@H](C)c2cn3ncsc3n2)CC1. The van der Waals surface area contributed by atoms with Crippen LogP contribution in [0.5, 0.6) is 0 Å². The molecule has 0 aromatic carbocycles. The van der Waals surface area contributed by atoms with Crippen LogP contribution in [0.2, 0.25) is 0 Å². The van der Waals surface area contributed by atoms with Crippen LogP contribution in [-0.2, 0) is 6.54 Å². The van der Waals surface area contributed by atoms with E-state index in [2.05, 4.69) is 38.3 Å². The highest BCUT2D eigenvalue weighted by atomic mass is 32.1. The second kappa shape index (κ2) is 7.61. The van der Waals surface area contributed by atoms with Gasteiger partial charge in [0.05, 0.1) is 23.6 Å². The van der Waals surface area contributed by atoms with Crippen LogP contribution in [-0.4, -0.2) is 61.6 Å². The van der Waals surface area contributed by atoms with Crippen molar-refractivity contribution in [3.63, 3.8) is 0 Å². The Balaban J connectivity index is 1.29. The van der Waals surface area contributed by atoms with E-state index in [-0.39, 0.29) is 12.1 Å². The van der Waals surface area contributed by atoms with Crippen molar-refractivity contribution in [3.05, 3.63) is 47.0 Å². The smallest absolute Gasteiger partial charge is 0.318 e. The molecule has 1 atom stereocenters. The van der Waals surface area contributed by atoms with E-state index in [4.69, 9.17) is 0 Å². The van der Waals surface area contributed by atoms with E-state index >= 15 is 0 Å². The molecule has 1 aliphatic rings. The molecule has 4 rings (SSSR count). The summed E-state index contributed by atoms with van der Waals surface area (Å²) >= 11 is 1.48. The molecule has 0 aliphatic carbocycles. The van der Waals surface area contributed by atoms with Gasteiger partial charge >= 0.3 is 6.03 Å². The molecular formula is C18H23N7OS. The van der Waals surface area contributed by atoms with Gasteiger partial charge in [0.2, 0.25) is 4.96 Å². The minimum absolute atomic E-state index is 0.0412. The van der Waals surface area contributed by atoms with E-state index in [1.165, 1.54) is 16.9 Å². The molecule has 1 aliphatic heterocycles. The van der Waals surface area contributed by atoms with E-state index in [9.17, 15) is 4.79 Å². The Bertz CT molecular complexity index is 900. The molecule has 1 fully saturated rings. The van der Waals surface area contributed by atoms with E-state index in [0.717, 1.165) is 36.0 Å². The predicted molar refractivity (Wildman–Crippen MR) is 104 cm³/mol. The molecule has 4 heterocycles. The van der Waals surface area contributed by atoms with Gasteiger partial charge in [-0.1, -0.05) is 17.4 Å². The van der Waals surface area contributed by atoms with Gasteiger partial charge in [-0.2, -0.15) is 5.10 Å². The quantitative estimate of drug-likeness (QED) is 0.744. The Kier molecular flexibility index (Phi) is 5.04. The molecule has 8 nitrogen and oxygen atoms in total. The number of hydrogen-bond donors (Lipinski definition) is 1. The maximum absolute atomic E-state index is 12.6. The average Bonchev–Trinajstić information content (AvgIpc) is 3.26. The highest BCUT2D eigenvalue weighted by Gasteiger charge is 2.23. The highest BCUT2D eigenvalue weighted by molar-refractivity contribution is 7.14. The first-order chi connectivity index (χ1) is 13.1. The zero-order chi connectivity index (χ0) is 18.8. The van der Waals surface area contributed by atoms with Crippen LogP contribution in [0.1, 0.15) is 29.9 Å². The number of aryl methyl sites for hydroxylation is 1. The van der Waals surface area contributed by atoms with Crippen LogP contribution in [0.3, 0.4) is 0 Å². The van der Waals surface area contributed by atoms with E-state index in [0.29, 0.717) is 13.1 Å². The van der Waals surface area contributed by atoms with Crippen molar-refractivity contribution in [2.45, 2.75) is 26.4 Å². The molecule has 27 heavy (non-hydrogen) atoms. The van der Waals surface area contributed by atoms with Gasteiger partial charge in [0.15, 0.2) is 0 Å². The van der Waals surface area contributed by atoms with Gasteiger partial charge in [0.25, 0.3) is 0 Å². The van der Waals surface area contributed by atoms with Gasteiger partial charge in [-0.15, -0.1) is 0 Å². The first-order valence-electron chi connectivity index (χ1n) is 9.07. The van der Waals surface area contributed by atoms with Crippen molar-refractivity contribution in [2.24, 2.45) is 0 Å². The van der Waals surface area contributed by atoms with Crippen molar-refractivity contribution in [3.8, 4) is 0 Å². The third kappa shape index (κ3) is 3.93. The van der Waals surface area contributed by atoms with Crippen LogP contribution in [0.4, 0.5) is 4.79 Å². The molecule has 2 amide bonds. The number of nitrogens with zero attached hydrogens (tertiary/aromatic N) is 6. The molecule has 0 unspecified atom stereocenters. The van der Waals surface area contributed by atoms with Gasteiger partial charge in [-0.05, 0) is 25.5 Å². The number of hydrogen-bond acceptors (Lipinski definition) is 6. The van der Waals surface area contributed by atoms with Crippen LogP contribution < -0.4 is 5.32 Å². The van der Waals surface area contributed by atoms with Crippen LogP contribution in [0.25, 0.3) is 4.96 Å². The van der Waals surface area contributed by atoms with Crippen molar-refractivity contribution in [1.29, 1.82) is 0 Å². The van der Waals surface area contributed by atoms with Crippen molar-refractivity contribution in [2.75, 3.05) is 26.2 Å². The number of carbonyl (C=O) groups is 1. The topological polar surface area (TPSA) is 78.7 Å². The minimum Gasteiger partial charge on any atom is -0.330 e. The molecule has 1 saturated heterocycles. The molecule has 0 radical (unpaired) electrons. The number of rotatable bonds is 4. The lowest BCUT2D eigenvalue weighted by atomic mass is 10.2. The first kappa shape index (κ1) is 17.9. The van der Waals surface area contributed by atoms with Gasteiger partial charge in [0, 0.05) is 38.9 Å². The van der Waals surface area contributed by atoms with Crippen LogP contribution >= 0.6 is 11.3 Å². The van der Waals surface area contributed by atoms with E-state index in [1.807, 2.05) is 30.3 Å². The van der Waals surface area contributed by atoms with E-state index in [1.54, 1.807) is 10.0 Å².